The minimum Gasteiger partial charge on any atom is -0.496 e. The van der Waals surface area contributed by atoms with E-state index in [1.165, 1.54) is 0 Å². The lowest BCUT2D eigenvalue weighted by Crippen LogP contribution is -2.32. The predicted octanol–water partition coefficient (Wildman–Crippen LogP) is 0.958. The van der Waals surface area contributed by atoms with Gasteiger partial charge >= 0.3 is 5.97 Å². The van der Waals surface area contributed by atoms with E-state index in [1.54, 1.807) is 7.11 Å². The van der Waals surface area contributed by atoms with E-state index in [9.17, 15) is 4.79 Å². The summed E-state index contributed by atoms with van der Waals surface area (Å²) in [6.07, 6.45) is 0.333. The maximum Gasteiger partial charge on any atom is 0.320 e. The highest BCUT2D eigenvalue weighted by molar-refractivity contribution is 5.73. The molecule has 1 aromatic carbocycles. The largest absolute Gasteiger partial charge is 0.496 e. The van der Waals surface area contributed by atoms with E-state index in [-0.39, 0.29) is 0 Å². The van der Waals surface area contributed by atoms with Crippen LogP contribution in [0.25, 0.3) is 0 Å². The maximum absolute atomic E-state index is 10.6. The Balaban J connectivity index is 2.79. The van der Waals surface area contributed by atoms with Crippen molar-refractivity contribution in [3.8, 4) is 5.75 Å². The number of carboxylic acid groups (broad SMARTS) is 1. The van der Waals surface area contributed by atoms with E-state index in [1.807, 2.05) is 25.1 Å². The average molecular weight is 209 g/mol. The summed E-state index contributed by atoms with van der Waals surface area (Å²) in [5.41, 5.74) is 7.32. The van der Waals surface area contributed by atoms with Gasteiger partial charge in [0.05, 0.1) is 7.11 Å². The van der Waals surface area contributed by atoms with Crippen LogP contribution in [0.4, 0.5) is 0 Å². The molecule has 15 heavy (non-hydrogen) atoms. The molecule has 0 aliphatic heterocycles. The van der Waals surface area contributed by atoms with Gasteiger partial charge in [-0.15, -0.1) is 0 Å². The molecule has 0 amide bonds. The molecule has 4 nitrogen and oxygen atoms in total. The zero-order valence-corrected chi connectivity index (χ0v) is 8.86. The Morgan fingerprint density at radius 2 is 2.27 bits per heavy atom. The second kappa shape index (κ2) is 4.79. The molecule has 0 aliphatic carbocycles. The highest BCUT2D eigenvalue weighted by Crippen LogP contribution is 2.19. The molecule has 0 radical (unpaired) electrons. The first-order chi connectivity index (χ1) is 7.04. The standard InChI is InChI=1S/C11H15NO3/c1-7-5-8(3-4-10(7)15-2)6-9(12)11(13)14/h3-5,9H,6,12H2,1-2H3,(H,13,14). The van der Waals surface area contributed by atoms with Crippen molar-refractivity contribution >= 4 is 5.97 Å². The molecule has 0 bridgehead atoms. The summed E-state index contributed by atoms with van der Waals surface area (Å²) < 4.78 is 5.10. The van der Waals surface area contributed by atoms with Gasteiger partial charge in [-0.1, -0.05) is 12.1 Å². The fourth-order valence-corrected chi connectivity index (χ4v) is 1.41. The van der Waals surface area contributed by atoms with E-state index in [0.717, 1.165) is 16.9 Å². The second-order valence-electron chi connectivity index (χ2n) is 3.45. The van der Waals surface area contributed by atoms with Crippen LogP contribution in [0.5, 0.6) is 5.75 Å². The minimum absolute atomic E-state index is 0.333. The number of hydrogen-bond donors (Lipinski definition) is 2. The van der Waals surface area contributed by atoms with Crippen molar-refractivity contribution in [2.24, 2.45) is 5.73 Å². The summed E-state index contributed by atoms with van der Waals surface area (Å²) in [6, 6.07) is 4.69. The number of nitrogens with two attached hydrogens (primary N) is 1. The first-order valence-corrected chi connectivity index (χ1v) is 4.66. The Morgan fingerprint density at radius 3 is 2.73 bits per heavy atom. The number of hydrogen-bond acceptors (Lipinski definition) is 3. The maximum atomic E-state index is 10.6. The molecule has 1 rings (SSSR count). The zero-order chi connectivity index (χ0) is 11.4. The number of aryl methyl sites for hydroxylation is 1. The Bertz CT molecular complexity index is 363. The molecule has 0 aliphatic rings. The molecule has 0 heterocycles. The summed E-state index contributed by atoms with van der Waals surface area (Å²) in [6.45, 7) is 1.91. The molecule has 0 saturated heterocycles. The molecule has 4 heteroatoms. The molecule has 1 atom stereocenters. The summed E-state index contributed by atoms with van der Waals surface area (Å²) in [5.74, 6) is -0.189. The molecular weight excluding hydrogens is 194 g/mol. The van der Waals surface area contributed by atoms with Crippen LogP contribution in [-0.2, 0) is 11.2 Å². The third-order valence-corrected chi connectivity index (χ3v) is 2.23. The van der Waals surface area contributed by atoms with Crippen LogP contribution >= 0.6 is 0 Å². The number of carboxylic acids is 1. The number of methoxy groups -OCH3 is 1. The van der Waals surface area contributed by atoms with E-state index in [0.29, 0.717) is 6.42 Å². The number of benzene rings is 1. The van der Waals surface area contributed by atoms with Crippen molar-refractivity contribution < 1.29 is 14.6 Å². The van der Waals surface area contributed by atoms with E-state index in [2.05, 4.69) is 0 Å². The third-order valence-electron chi connectivity index (χ3n) is 2.23. The van der Waals surface area contributed by atoms with Crippen LogP contribution < -0.4 is 10.5 Å². The molecule has 1 unspecified atom stereocenters. The van der Waals surface area contributed by atoms with Crippen LogP contribution in [-0.4, -0.2) is 24.2 Å². The van der Waals surface area contributed by atoms with Crippen molar-refractivity contribution in [1.29, 1.82) is 0 Å². The molecular formula is C11H15NO3. The zero-order valence-electron chi connectivity index (χ0n) is 8.86. The Morgan fingerprint density at radius 1 is 1.60 bits per heavy atom. The van der Waals surface area contributed by atoms with Gasteiger partial charge in [0.1, 0.15) is 11.8 Å². The number of rotatable bonds is 4. The number of carbonyl (C=O) groups is 1. The molecule has 1 aromatic rings. The molecule has 0 fully saturated rings. The monoisotopic (exact) mass is 209 g/mol. The van der Waals surface area contributed by atoms with Gasteiger partial charge in [-0.3, -0.25) is 4.79 Å². The first kappa shape index (κ1) is 11.5. The van der Waals surface area contributed by atoms with Crippen LogP contribution in [0.15, 0.2) is 18.2 Å². The van der Waals surface area contributed by atoms with Gasteiger partial charge in [-0.2, -0.15) is 0 Å². The normalized spacial score (nSPS) is 12.2. The van der Waals surface area contributed by atoms with Gasteiger partial charge in [-0.25, -0.2) is 0 Å². The van der Waals surface area contributed by atoms with Gasteiger partial charge in [-0.05, 0) is 30.5 Å². The van der Waals surface area contributed by atoms with Crippen molar-refractivity contribution in [3.63, 3.8) is 0 Å². The molecule has 3 N–H and O–H groups in total. The Labute approximate surface area is 88.7 Å². The smallest absolute Gasteiger partial charge is 0.320 e. The molecule has 0 spiro atoms. The summed E-state index contributed by atoms with van der Waals surface area (Å²) in [5, 5.41) is 8.66. The van der Waals surface area contributed by atoms with Crippen molar-refractivity contribution in [2.45, 2.75) is 19.4 Å². The van der Waals surface area contributed by atoms with Gasteiger partial charge < -0.3 is 15.6 Å². The van der Waals surface area contributed by atoms with Crippen molar-refractivity contribution in [3.05, 3.63) is 29.3 Å². The summed E-state index contributed by atoms with van der Waals surface area (Å²) >= 11 is 0. The Hall–Kier alpha value is -1.55. The number of ether oxygens (including phenoxy) is 1. The summed E-state index contributed by atoms with van der Waals surface area (Å²) in [4.78, 5) is 10.6. The van der Waals surface area contributed by atoms with E-state index < -0.39 is 12.0 Å². The summed E-state index contributed by atoms with van der Waals surface area (Å²) in [7, 11) is 1.60. The highest BCUT2D eigenvalue weighted by atomic mass is 16.5. The topological polar surface area (TPSA) is 72.5 Å². The fourth-order valence-electron chi connectivity index (χ4n) is 1.41. The van der Waals surface area contributed by atoms with Gasteiger partial charge in [0.2, 0.25) is 0 Å². The van der Waals surface area contributed by atoms with Crippen LogP contribution in [0.1, 0.15) is 11.1 Å². The van der Waals surface area contributed by atoms with E-state index >= 15 is 0 Å². The minimum atomic E-state index is -0.983. The van der Waals surface area contributed by atoms with Gasteiger partial charge in [0.15, 0.2) is 0 Å². The number of aliphatic carboxylic acids is 1. The van der Waals surface area contributed by atoms with Crippen molar-refractivity contribution in [1.82, 2.24) is 0 Å². The lowest BCUT2D eigenvalue weighted by atomic mass is 10.0. The average Bonchev–Trinajstić information content (AvgIpc) is 2.18. The second-order valence-corrected chi connectivity index (χ2v) is 3.45. The third kappa shape index (κ3) is 2.95. The Kier molecular flexibility index (Phi) is 3.68. The van der Waals surface area contributed by atoms with Crippen LogP contribution in [0.3, 0.4) is 0 Å². The van der Waals surface area contributed by atoms with Crippen LogP contribution in [0, 0.1) is 6.92 Å². The lowest BCUT2D eigenvalue weighted by molar-refractivity contribution is -0.138. The van der Waals surface area contributed by atoms with Gasteiger partial charge in [0.25, 0.3) is 0 Å². The molecule has 0 saturated carbocycles. The predicted molar refractivity (Wildman–Crippen MR) is 57.0 cm³/mol. The SMILES string of the molecule is COc1ccc(CC(N)C(=O)O)cc1C. The molecule has 0 aromatic heterocycles. The van der Waals surface area contributed by atoms with Crippen LogP contribution in [0.2, 0.25) is 0 Å². The van der Waals surface area contributed by atoms with Crippen molar-refractivity contribution in [2.75, 3.05) is 7.11 Å². The molecule has 82 valence electrons. The lowest BCUT2D eigenvalue weighted by Gasteiger charge is -2.09. The highest BCUT2D eigenvalue weighted by Gasteiger charge is 2.12. The van der Waals surface area contributed by atoms with E-state index in [4.69, 9.17) is 15.6 Å². The quantitative estimate of drug-likeness (QED) is 0.774. The fraction of sp³-hybridized carbons (Fsp3) is 0.364. The van der Waals surface area contributed by atoms with Gasteiger partial charge in [0, 0.05) is 0 Å². The first-order valence-electron chi connectivity index (χ1n) is 4.66.